The van der Waals surface area contributed by atoms with Crippen molar-refractivity contribution in [3.8, 4) is 11.5 Å². The minimum absolute atomic E-state index is 0.0430. The first kappa shape index (κ1) is 24.4. The maximum Gasteiger partial charge on any atom is 0.243 e. The first-order valence-corrected chi connectivity index (χ1v) is 11.3. The number of nitrogens with one attached hydrogen (secondary N) is 1. The van der Waals surface area contributed by atoms with Crippen molar-refractivity contribution >= 4 is 21.6 Å². The molecule has 0 radical (unpaired) electrons. The Morgan fingerprint density at radius 2 is 1.74 bits per heavy atom. The third kappa shape index (κ3) is 6.30. The zero-order chi connectivity index (χ0) is 23.3. The van der Waals surface area contributed by atoms with E-state index in [1.807, 2.05) is 13.8 Å². The molecule has 1 amide bonds. The highest BCUT2D eigenvalue weighted by molar-refractivity contribution is 7.92. The minimum atomic E-state index is -3.96. The van der Waals surface area contributed by atoms with E-state index >= 15 is 0 Å². The number of carbonyl (C=O) groups excluding carboxylic acids is 1. The van der Waals surface area contributed by atoms with Crippen LogP contribution in [0.2, 0.25) is 0 Å². The largest absolute Gasteiger partial charge is 0.493 e. The molecule has 1 atom stereocenters. The van der Waals surface area contributed by atoms with E-state index in [0.29, 0.717) is 17.1 Å². The van der Waals surface area contributed by atoms with E-state index in [-0.39, 0.29) is 18.3 Å². The van der Waals surface area contributed by atoms with Crippen molar-refractivity contribution < 1.29 is 31.5 Å². The third-order valence-corrected chi connectivity index (χ3v) is 5.55. The Bertz CT molecular complexity index is 1040. The molecule has 170 valence electrons. The van der Waals surface area contributed by atoms with E-state index in [1.165, 1.54) is 14.0 Å². The molecule has 10 heteroatoms. The van der Waals surface area contributed by atoms with Gasteiger partial charge in [-0.05, 0) is 50.6 Å². The normalized spacial score (nSPS) is 12.4. The van der Waals surface area contributed by atoms with Crippen LogP contribution < -0.4 is 19.1 Å². The quantitative estimate of drug-likeness (QED) is 0.626. The summed E-state index contributed by atoms with van der Waals surface area (Å²) in [5, 5.41) is 2.65. The molecule has 0 spiro atoms. The van der Waals surface area contributed by atoms with Crippen molar-refractivity contribution in [2.45, 2.75) is 39.5 Å². The van der Waals surface area contributed by atoms with Gasteiger partial charge in [-0.1, -0.05) is 6.07 Å². The summed E-state index contributed by atoms with van der Waals surface area (Å²) >= 11 is 0. The fourth-order valence-electron chi connectivity index (χ4n) is 2.94. The lowest BCUT2D eigenvalue weighted by Gasteiger charge is -2.28. The third-order valence-electron chi connectivity index (χ3n) is 4.30. The van der Waals surface area contributed by atoms with Crippen molar-refractivity contribution in [3.05, 3.63) is 53.6 Å². The van der Waals surface area contributed by atoms with Crippen LogP contribution in [0.1, 0.15) is 26.3 Å². The van der Waals surface area contributed by atoms with Crippen molar-refractivity contribution in [1.82, 2.24) is 5.32 Å². The molecule has 0 aliphatic carbocycles. The van der Waals surface area contributed by atoms with Gasteiger partial charge < -0.3 is 14.8 Å². The average molecular weight is 457 g/mol. The minimum Gasteiger partial charge on any atom is -0.493 e. The number of nitrogens with zero attached hydrogens (tertiary/aromatic N) is 1. The summed E-state index contributed by atoms with van der Waals surface area (Å²) in [6.07, 6.45) is 0.842. The zero-order valence-electron chi connectivity index (χ0n) is 18.0. The molecule has 0 heterocycles. The molecule has 0 bridgehead atoms. The second-order valence-corrected chi connectivity index (χ2v) is 9.06. The Labute approximate surface area is 181 Å². The molecule has 0 aliphatic rings. The van der Waals surface area contributed by atoms with Crippen molar-refractivity contribution in [3.63, 3.8) is 0 Å². The second kappa shape index (κ2) is 9.95. The monoisotopic (exact) mass is 456 g/mol. The highest BCUT2D eigenvalue weighted by atomic mass is 32.2. The lowest BCUT2D eigenvalue weighted by molar-refractivity contribution is -0.122. The van der Waals surface area contributed by atoms with Crippen molar-refractivity contribution in [1.29, 1.82) is 0 Å². The molecular weight excluding hydrogens is 430 g/mol. The van der Waals surface area contributed by atoms with Crippen LogP contribution in [0.15, 0.2) is 36.4 Å². The predicted octanol–water partition coefficient (Wildman–Crippen LogP) is 3.23. The van der Waals surface area contributed by atoms with E-state index in [1.54, 1.807) is 18.2 Å². The van der Waals surface area contributed by atoms with Gasteiger partial charge >= 0.3 is 0 Å². The molecule has 7 nitrogen and oxygen atoms in total. The van der Waals surface area contributed by atoms with E-state index in [0.717, 1.165) is 28.8 Å². The number of sulfonamides is 1. The highest BCUT2D eigenvalue weighted by Crippen LogP contribution is 2.29. The number of carbonyl (C=O) groups is 1. The van der Waals surface area contributed by atoms with Crippen LogP contribution in [-0.2, 0) is 21.4 Å². The van der Waals surface area contributed by atoms with E-state index < -0.39 is 33.6 Å². The summed E-state index contributed by atoms with van der Waals surface area (Å²) < 4.78 is 63.1. The van der Waals surface area contributed by atoms with Crippen molar-refractivity contribution in [2.24, 2.45) is 0 Å². The van der Waals surface area contributed by atoms with Crippen LogP contribution in [0.3, 0.4) is 0 Å². The Morgan fingerprint density at radius 3 is 2.29 bits per heavy atom. The summed E-state index contributed by atoms with van der Waals surface area (Å²) in [7, 11) is -2.46. The Morgan fingerprint density at radius 1 is 1.06 bits per heavy atom. The van der Waals surface area contributed by atoms with Gasteiger partial charge in [0.05, 0.1) is 25.2 Å². The summed E-state index contributed by atoms with van der Waals surface area (Å²) in [6, 6.07) is 6.60. The number of methoxy groups -OCH3 is 1. The molecular formula is C21H26F2N2O5S. The number of benzene rings is 2. The van der Waals surface area contributed by atoms with Gasteiger partial charge in [-0.2, -0.15) is 0 Å². The molecule has 31 heavy (non-hydrogen) atoms. The summed E-state index contributed by atoms with van der Waals surface area (Å²) in [5.41, 5.74) is 0.549. The average Bonchev–Trinajstić information content (AvgIpc) is 2.68. The molecule has 0 saturated heterocycles. The van der Waals surface area contributed by atoms with Gasteiger partial charge in [0.2, 0.25) is 15.9 Å². The first-order valence-electron chi connectivity index (χ1n) is 9.49. The molecule has 0 aliphatic heterocycles. The summed E-state index contributed by atoms with van der Waals surface area (Å²) in [6.45, 7) is 5.22. The van der Waals surface area contributed by atoms with Gasteiger partial charge in [-0.15, -0.1) is 0 Å². The number of amides is 1. The lowest BCUT2D eigenvalue weighted by Crippen LogP contribution is -2.47. The SMILES string of the molecule is COc1cc(CNC(=O)C(C)N(c2ccc(F)c(F)c2)S(C)(=O)=O)ccc1OC(C)C. The molecule has 2 rings (SSSR count). The van der Waals surface area contributed by atoms with E-state index in [4.69, 9.17) is 9.47 Å². The molecule has 0 aromatic heterocycles. The zero-order valence-corrected chi connectivity index (χ0v) is 18.8. The number of hydrogen-bond acceptors (Lipinski definition) is 5. The van der Waals surface area contributed by atoms with Gasteiger partial charge in [0, 0.05) is 12.6 Å². The fourth-order valence-corrected chi connectivity index (χ4v) is 4.11. The standard InChI is InChI=1S/C21H26F2N2O5S/c1-13(2)30-19-9-6-15(10-20(19)29-4)12-24-21(26)14(3)25(31(5,27)28)16-7-8-17(22)18(23)11-16/h6-11,13-14H,12H2,1-5H3,(H,24,26). The maximum absolute atomic E-state index is 13.6. The van der Waals surface area contributed by atoms with Gasteiger partial charge in [-0.3, -0.25) is 9.10 Å². The number of anilines is 1. The van der Waals surface area contributed by atoms with Crippen molar-refractivity contribution in [2.75, 3.05) is 17.7 Å². The smallest absolute Gasteiger partial charge is 0.243 e. The molecule has 2 aromatic rings. The molecule has 0 fully saturated rings. The number of rotatable bonds is 9. The van der Waals surface area contributed by atoms with Crippen LogP contribution in [0.4, 0.5) is 14.5 Å². The Kier molecular flexibility index (Phi) is 7.83. The number of ether oxygens (including phenoxy) is 2. The molecule has 2 aromatic carbocycles. The molecule has 1 N–H and O–H groups in total. The topological polar surface area (TPSA) is 84.9 Å². The van der Waals surface area contributed by atoms with Gasteiger partial charge in [-0.25, -0.2) is 17.2 Å². The van der Waals surface area contributed by atoms with Gasteiger partial charge in [0.1, 0.15) is 6.04 Å². The number of hydrogen-bond donors (Lipinski definition) is 1. The van der Waals surface area contributed by atoms with Gasteiger partial charge in [0.25, 0.3) is 0 Å². The maximum atomic E-state index is 13.6. The first-order chi connectivity index (χ1) is 14.4. The number of halogens is 2. The van der Waals surface area contributed by atoms with Crippen LogP contribution in [0, 0.1) is 11.6 Å². The van der Waals surface area contributed by atoms with Crippen LogP contribution >= 0.6 is 0 Å². The van der Waals surface area contributed by atoms with E-state index in [9.17, 15) is 22.0 Å². The summed E-state index contributed by atoms with van der Waals surface area (Å²) in [5.74, 6) is -1.89. The Hall–Kier alpha value is -2.88. The van der Waals surface area contributed by atoms with Crippen LogP contribution in [0.25, 0.3) is 0 Å². The highest BCUT2D eigenvalue weighted by Gasteiger charge is 2.29. The summed E-state index contributed by atoms with van der Waals surface area (Å²) in [4.78, 5) is 12.7. The Balaban J connectivity index is 2.18. The molecule has 0 saturated carbocycles. The predicted molar refractivity (Wildman–Crippen MR) is 114 cm³/mol. The van der Waals surface area contributed by atoms with Gasteiger partial charge in [0.15, 0.2) is 23.1 Å². The van der Waals surface area contributed by atoms with Crippen LogP contribution in [-0.4, -0.2) is 39.8 Å². The molecule has 1 unspecified atom stereocenters. The van der Waals surface area contributed by atoms with Crippen LogP contribution in [0.5, 0.6) is 11.5 Å². The second-order valence-electron chi connectivity index (χ2n) is 7.20. The van der Waals surface area contributed by atoms with E-state index in [2.05, 4.69) is 5.32 Å². The fraction of sp³-hybridized carbons (Fsp3) is 0.381. The lowest BCUT2D eigenvalue weighted by atomic mass is 10.2.